The van der Waals surface area contributed by atoms with Crippen molar-refractivity contribution in [2.45, 2.75) is 54.2 Å². The summed E-state index contributed by atoms with van der Waals surface area (Å²) in [4.78, 5) is -0.0360. The summed E-state index contributed by atoms with van der Waals surface area (Å²) in [5.41, 5.74) is 1.56. The van der Waals surface area contributed by atoms with Gasteiger partial charge >= 0.3 is 0 Å². The van der Waals surface area contributed by atoms with Gasteiger partial charge in [0.2, 0.25) is 10.0 Å². The van der Waals surface area contributed by atoms with Crippen molar-refractivity contribution >= 4 is 25.7 Å². The van der Waals surface area contributed by atoms with Crippen molar-refractivity contribution in [2.24, 2.45) is 0 Å². The molecule has 1 aliphatic carbocycles. The zero-order valence-electron chi connectivity index (χ0n) is 20.1. The van der Waals surface area contributed by atoms with Crippen LogP contribution in [-0.4, -0.2) is 29.4 Å². The number of nitrogens with one attached hydrogen (secondary N) is 1. The maximum absolute atomic E-state index is 13.6. The molecule has 1 heterocycles. The molecule has 0 aromatic heterocycles. The zero-order valence-corrected chi connectivity index (χ0v) is 21.7. The van der Waals surface area contributed by atoms with Gasteiger partial charge in [-0.05, 0) is 55.0 Å². The number of para-hydroxylation sites is 1. The summed E-state index contributed by atoms with van der Waals surface area (Å²) in [5, 5.41) is 0. The topological polar surface area (TPSA) is 83.6 Å². The van der Waals surface area contributed by atoms with E-state index >= 15 is 0 Å². The molecule has 0 bridgehead atoms. The molecular weight excluding hydrogens is 518 g/mol. The summed E-state index contributed by atoms with van der Waals surface area (Å²) in [5.74, 6) is -0.0886. The lowest BCUT2D eigenvalue weighted by Crippen LogP contribution is -2.45. The number of nitrogens with zero attached hydrogens (tertiary/aromatic N) is 1. The van der Waals surface area contributed by atoms with Gasteiger partial charge in [-0.1, -0.05) is 60.7 Å². The van der Waals surface area contributed by atoms with Crippen LogP contribution in [0.4, 0.5) is 14.5 Å². The fourth-order valence-corrected chi connectivity index (χ4v) is 8.54. The molecule has 0 saturated heterocycles. The molecule has 5 rings (SSSR count). The van der Waals surface area contributed by atoms with Crippen molar-refractivity contribution in [2.75, 3.05) is 10.8 Å². The smallest absolute Gasteiger partial charge is 0.264 e. The zero-order chi connectivity index (χ0) is 26.3. The molecule has 1 spiro atoms. The van der Waals surface area contributed by atoms with Crippen molar-refractivity contribution in [3.05, 3.63) is 95.6 Å². The van der Waals surface area contributed by atoms with Gasteiger partial charge in [0.1, 0.15) is 0 Å². The van der Waals surface area contributed by atoms with Crippen LogP contribution in [0.3, 0.4) is 0 Å². The fraction of sp³-hybridized carbons (Fsp3) is 0.333. The summed E-state index contributed by atoms with van der Waals surface area (Å²) >= 11 is 0. The molecule has 1 aliphatic heterocycles. The predicted molar refractivity (Wildman–Crippen MR) is 139 cm³/mol. The van der Waals surface area contributed by atoms with E-state index in [0.717, 1.165) is 23.3 Å². The Morgan fingerprint density at radius 1 is 0.865 bits per heavy atom. The van der Waals surface area contributed by atoms with Crippen LogP contribution in [0.25, 0.3) is 0 Å². The third kappa shape index (κ3) is 5.15. The molecule has 0 amide bonds. The quantitative estimate of drug-likeness (QED) is 0.445. The van der Waals surface area contributed by atoms with E-state index in [1.54, 1.807) is 36.4 Å². The van der Waals surface area contributed by atoms with E-state index in [1.165, 1.54) is 16.4 Å². The number of sulfonamides is 2. The van der Waals surface area contributed by atoms with Gasteiger partial charge in [-0.2, -0.15) is 0 Å². The average molecular weight is 547 g/mol. The van der Waals surface area contributed by atoms with Gasteiger partial charge in [0, 0.05) is 23.6 Å². The Kier molecular flexibility index (Phi) is 6.84. The van der Waals surface area contributed by atoms with E-state index in [-0.39, 0.29) is 28.8 Å². The van der Waals surface area contributed by atoms with Gasteiger partial charge in [0.15, 0.2) is 0 Å². The lowest BCUT2D eigenvalue weighted by Gasteiger charge is -2.38. The Morgan fingerprint density at radius 2 is 1.49 bits per heavy atom. The Bertz CT molecular complexity index is 1470. The third-order valence-corrected chi connectivity index (χ3v) is 10.6. The number of halogens is 2. The van der Waals surface area contributed by atoms with Gasteiger partial charge in [0.05, 0.1) is 16.3 Å². The molecule has 10 heteroatoms. The molecular formula is C27H28F2N2O4S2. The first-order valence-electron chi connectivity index (χ1n) is 12.1. The number of alkyl halides is 2. The van der Waals surface area contributed by atoms with Crippen LogP contribution in [0.1, 0.15) is 48.8 Å². The van der Waals surface area contributed by atoms with Crippen LogP contribution in [0.5, 0.6) is 0 Å². The van der Waals surface area contributed by atoms with Gasteiger partial charge in [-0.15, -0.1) is 0 Å². The van der Waals surface area contributed by atoms with E-state index in [4.69, 9.17) is 0 Å². The van der Waals surface area contributed by atoms with Gasteiger partial charge in [0.25, 0.3) is 16.4 Å². The highest BCUT2D eigenvalue weighted by Crippen LogP contribution is 2.50. The molecule has 3 aromatic rings. The molecule has 1 N–H and O–H groups in total. The SMILES string of the molecule is O=S(=O)(Cc1ccccc1)NC1CCC2(CC1)CN(S(=O)(=O)c1ccc(C(F)F)cc1)c1ccccc12. The number of hydrogen-bond donors (Lipinski definition) is 1. The second-order valence-electron chi connectivity index (χ2n) is 9.82. The minimum atomic E-state index is -3.97. The second kappa shape index (κ2) is 9.81. The van der Waals surface area contributed by atoms with Crippen LogP contribution in [0.2, 0.25) is 0 Å². The molecule has 1 fully saturated rings. The maximum Gasteiger partial charge on any atom is 0.264 e. The standard InChI is InChI=1S/C27H28F2N2O4S2/c28-26(29)21-10-12-23(13-11-21)37(34,35)31-19-27(24-8-4-5-9-25(24)31)16-14-22(15-17-27)30-36(32,33)18-20-6-2-1-3-7-20/h1-13,22,26,30H,14-19H2. The lowest BCUT2D eigenvalue weighted by atomic mass is 9.69. The summed E-state index contributed by atoms with van der Waals surface area (Å²) in [7, 11) is -7.49. The van der Waals surface area contributed by atoms with E-state index in [0.29, 0.717) is 31.4 Å². The lowest BCUT2D eigenvalue weighted by molar-refractivity contribution is 0.151. The monoisotopic (exact) mass is 546 g/mol. The Labute approximate surface area is 216 Å². The van der Waals surface area contributed by atoms with Crippen LogP contribution in [-0.2, 0) is 31.2 Å². The van der Waals surface area contributed by atoms with Gasteiger partial charge in [-0.3, -0.25) is 4.31 Å². The molecule has 0 unspecified atom stereocenters. The fourth-order valence-electron chi connectivity index (χ4n) is 5.52. The largest absolute Gasteiger partial charge is 0.265 e. The number of benzene rings is 3. The molecule has 37 heavy (non-hydrogen) atoms. The molecule has 0 atom stereocenters. The van der Waals surface area contributed by atoms with Gasteiger partial charge < -0.3 is 0 Å². The summed E-state index contributed by atoms with van der Waals surface area (Å²) < 4.78 is 82.8. The Morgan fingerprint density at radius 3 is 2.14 bits per heavy atom. The number of fused-ring (bicyclic) bond motifs is 2. The van der Waals surface area contributed by atoms with Crippen LogP contribution in [0, 0.1) is 0 Å². The highest BCUT2D eigenvalue weighted by atomic mass is 32.2. The van der Waals surface area contributed by atoms with Crippen LogP contribution in [0.15, 0.2) is 83.8 Å². The summed E-state index contributed by atoms with van der Waals surface area (Å²) in [6, 6.07) is 20.9. The van der Waals surface area contributed by atoms with E-state index in [1.807, 2.05) is 18.2 Å². The van der Waals surface area contributed by atoms with Crippen LogP contribution >= 0.6 is 0 Å². The molecule has 3 aromatic carbocycles. The Hall–Kier alpha value is -2.82. The minimum Gasteiger partial charge on any atom is -0.265 e. The summed E-state index contributed by atoms with van der Waals surface area (Å²) in [6.45, 7) is 0.231. The molecule has 6 nitrogen and oxygen atoms in total. The van der Waals surface area contributed by atoms with Gasteiger partial charge in [-0.25, -0.2) is 30.3 Å². The minimum absolute atomic E-state index is 0.0360. The average Bonchev–Trinajstić information content (AvgIpc) is 3.21. The molecule has 196 valence electrons. The highest BCUT2D eigenvalue weighted by molar-refractivity contribution is 7.92. The molecule has 1 saturated carbocycles. The second-order valence-corrected chi connectivity index (χ2v) is 13.4. The number of anilines is 1. The van der Waals surface area contributed by atoms with E-state index in [2.05, 4.69) is 4.72 Å². The first-order chi connectivity index (χ1) is 17.6. The normalized spacial score (nSPS) is 21.9. The first kappa shape index (κ1) is 25.8. The highest BCUT2D eigenvalue weighted by Gasteiger charge is 2.48. The molecule has 0 radical (unpaired) electrons. The van der Waals surface area contributed by atoms with Crippen molar-refractivity contribution in [3.8, 4) is 0 Å². The van der Waals surface area contributed by atoms with E-state index in [9.17, 15) is 25.6 Å². The van der Waals surface area contributed by atoms with Crippen molar-refractivity contribution in [3.63, 3.8) is 0 Å². The number of hydrogen-bond acceptors (Lipinski definition) is 4. The predicted octanol–water partition coefficient (Wildman–Crippen LogP) is 5.13. The number of rotatable bonds is 7. The van der Waals surface area contributed by atoms with Crippen molar-refractivity contribution < 1.29 is 25.6 Å². The molecule has 2 aliphatic rings. The Balaban J connectivity index is 1.34. The first-order valence-corrected chi connectivity index (χ1v) is 15.2. The van der Waals surface area contributed by atoms with E-state index < -0.39 is 31.9 Å². The third-order valence-electron chi connectivity index (χ3n) is 7.40. The van der Waals surface area contributed by atoms with Crippen molar-refractivity contribution in [1.82, 2.24) is 4.72 Å². The van der Waals surface area contributed by atoms with Crippen LogP contribution < -0.4 is 9.03 Å². The summed E-state index contributed by atoms with van der Waals surface area (Å²) in [6.07, 6.45) is -0.260. The maximum atomic E-state index is 13.6. The van der Waals surface area contributed by atoms with Crippen molar-refractivity contribution in [1.29, 1.82) is 0 Å².